The lowest BCUT2D eigenvalue weighted by molar-refractivity contribution is 0.192. The molecule has 6 nitrogen and oxygen atoms in total. The number of likely N-dealkylation sites (tertiary alicyclic amines) is 1. The molecule has 26 heavy (non-hydrogen) atoms. The SMILES string of the molecule is O=C(Nc1ccc(Br)c(Cl)c1)N1CCC(c2nnc3n2CCCC3)CC1. The van der Waals surface area contributed by atoms with E-state index in [0.717, 1.165) is 55.0 Å². The van der Waals surface area contributed by atoms with E-state index in [0.29, 0.717) is 16.6 Å². The number of nitrogens with zero attached hydrogens (tertiary/aromatic N) is 4. The van der Waals surface area contributed by atoms with Crippen molar-refractivity contribution in [3.8, 4) is 0 Å². The third kappa shape index (κ3) is 3.60. The predicted molar refractivity (Wildman–Crippen MR) is 105 cm³/mol. The minimum atomic E-state index is -0.0786. The standard InChI is InChI=1S/C18H21BrClN5O/c19-14-5-4-13(11-15(14)20)21-18(26)24-9-6-12(7-10-24)17-23-22-16-3-1-2-8-25(16)17/h4-5,11-12H,1-3,6-10H2,(H,21,26). The maximum atomic E-state index is 12.5. The Morgan fingerprint density at radius 3 is 2.77 bits per heavy atom. The molecule has 1 aromatic heterocycles. The van der Waals surface area contributed by atoms with Gasteiger partial charge in [0.2, 0.25) is 0 Å². The van der Waals surface area contributed by atoms with Crippen LogP contribution in [0.3, 0.4) is 0 Å². The zero-order chi connectivity index (χ0) is 18.1. The lowest BCUT2D eigenvalue weighted by Gasteiger charge is -2.32. The van der Waals surface area contributed by atoms with Gasteiger partial charge in [0.1, 0.15) is 11.6 Å². The predicted octanol–water partition coefficient (Wildman–Crippen LogP) is 4.44. The van der Waals surface area contributed by atoms with Gasteiger partial charge in [-0.2, -0.15) is 0 Å². The maximum Gasteiger partial charge on any atom is 0.321 e. The van der Waals surface area contributed by atoms with Crippen LogP contribution in [0.25, 0.3) is 0 Å². The van der Waals surface area contributed by atoms with Crippen molar-refractivity contribution >= 4 is 39.2 Å². The number of carbonyl (C=O) groups is 1. The molecular weight excluding hydrogens is 418 g/mol. The average Bonchev–Trinajstić information content (AvgIpc) is 3.09. The Labute approximate surface area is 166 Å². The number of aromatic nitrogens is 3. The van der Waals surface area contributed by atoms with Crippen LogP contribution in [0.1, 0.15) is 43.3 Å². The number of amides is 2. The summed E-state index contributed by atoms with van der Waals surface area (Å²) in [6.07, 6.45) is 5.29. The van der Waals surface area contributed by atoms with E-state index in [-0.39, 0.29) is 6.03 Å². The number of rotatable bonds is 2. The fourth-order valence-corrected chi connectivity index (χ4v) is 4.18. The summed E-state index contributed by atoms with van der Waals surface area (Å²) in [5.74, 6) is 2.62. The molecule has 2 amide bonds. The lowest BCUT2D eigenvalue weighted by atomic mass is 9.95. The number of piperidine rings is 1. The molecule has 0 aliphatic carbocycles. The number of urea groups is 1. The van der Waals surface area contributed by atoms with Crippen LogP contribution in [0.4, 0.5) is 10.5 Å². The summed E-state index contributed by atoms with van der Waals surface area (Å²) >= 11 is 9.45. The molecular formula is C18H21BrClN5O. The van der Waals surface area contributed by atoms with E-state index < -0.39 is 0 Å². The summed E-state index contributed by atoms with van der Waals surface area (Å²) in [7, 11) is 0. The molecule has 0 spiro atoms. The molecule has 4 rings (SSSR count). The minimum absolute atomic E-state index is 0.0786. The molecule has 1 saturated heterocycles. The third-order valence-corrected chi connectivity index (χ3v) is 6.44. The minimum Gasteiger partial charge on any atom is -0.324 e. The van der Waals surface area contributed by atoms with Crippen LogP contribution < -0.4 is 5.32 Å². The molecule has 2 aromatic rings. The van der Waals surface area contributed by atoms with Crippen molar-refractivity contribution in [2.75, 3.05) is 18.4 Å². The second-order valence-electron chi connectivity index (χ2n) is 6.90. The molecule has 0 atom stereocenters. The largest absolute Gasteiger partial charge is 0.324 e. The Bertz CT molecular complexity index is 816. The summed E-state index contributed by atoms with van der Waals surface area (Å²) in [5.41, 5.74) is 0.705. The number of halogens is 2. The quantitative estimate of drug-likeness (QED) is 0.754. The summed E-state index contributed by atoms with van der Waals surface area (Å²) in [6.45, 7) is 2.48. The van der Waals surface area contributed by atoms with Crippen molar-refractivity contribution in [1.82, 2.24) is 19.7 Å². The van der Waals surface area contributed by atoms with Crippen LogP contribution in [-0.4, -0.2) is 38.8 Å². The second kappa shape index (κ2) is 7.56. The summed E-state index contributed by atoms with van der Waals surface area (Å²) in [6, 6.07) is 5.34. The van der Waals surface area contributed by atoms with E-state index >= 15 is 0 Å². The van der Waals surface area contributed by atoms with E-state index in [1.807, 2.05) is 17.0 Å². The van der Waals surface area contributed by atoms with Crippen LogP contribution in [0, 0.1) is 0 Å². The van der Waals surface area contributed by atoms with Crippen molar-refractivity contribution in [3.63, 3.8) is 0 Å². The highest BCUT2D eigenvalue weighted by Gasteiger charge is 2.28. The molecule has 138 valence electrons. The van der Waals surface area contributed by atoms with Gasteiger partial charge in [0.15, 0.2) is 0 Å². The van der Waals surface area contributed by atoms with Crippen molar-refractivity contribution in [1.29, 1.82) is 0 Å². The molecule has 0 bridgehead atoms. The molecule has 3 heterocycles. The number of carbonyl (C=O) groups excluding carboxylic acids is 1. The molecule has 2 aliphatic rings. The number of hydrogen-bond donors (Lipinski definition) is 1. The Balaban J connectivity index is 1.36. The zero-order valence-corrected chi connectivity index (χ0v) is 16.8. The summed E-state index contributed by atoms with van der Waals surface area (Å²) in [4.78, 5) is 14.4. The molecule has 8 heteroatoms. The number of nitrogens with one attached hydrogen (secondary N) is 1. The number of fused-ring (bicyclic) bond motifs is 1. The first-order valence-corrected chi connectivity index (χ1v) is 10.2. The molecule has 0 saturated carbocycles. The maximum absolute atomic E-state index is 12.5. The number of anilines is 1. The summed E-state index contributed by atoms with van der Waals surface area (Å²) in [5, 5.41) is 12.3. The smallest absolute Gasteiger partial charge is 0.321 e. The Morgan fingerprint density at radius 1 is 1.19 bits per heavy atom. The van der Waals surface area contributed by atoms with Crippen molar-refractivity contribution in [2.24, 2.45) is 0 Å². The van der Waals surface area contributed by atoms with Crippen LogP contribution in [0.15, 0.2) is 22.7 Å². The monoisotopic (exact) mass is 437 g/mol. The van der Waals surface area contributed by atoms with Gasteiger partial charge >= 0.3 is 6.03 Å². The first-order chi connectivity index (χ1) is 12.6. The lowest BCUT2D eigenvalue weighted by Crippen LogP contribution is -2.41. The van der Waals surface area contributed by atoms with Gasteiger partial charge in [-0.3, -0.25) is 0 Å². The van der Waals surface area contributed by atoms with Gasteiger partial charge in [0, 0.05) is 42.1 Å². The van der Waals surface area contributed by atoms with Crippen molar-refractivity contribution in [2.45, 2.75) is 44.6 Å². The summed E-state index contributed by atoms with van der Waals surface area (Å²) < 4.78 is 3.11. The molecule has 1 aromatic carbocycles. The first kappa shape index (κ1) is 17.8. The van der Waals surface area contributed by atoms with Crippen LogP contribution in [0.2, 0.25) is 5.02 Å². The van der Waals surface area contributed by atoms with Crippen molar-refractivity contribution in [3.05, 3.63) is 39.3 Å². The number of benzene rings is 1. The van der Waals surface area contributed by atoms with E-state index in [9.17, 15) is 4.79 Å². The van der Waals surface area contributed by atoms with Gasteiger partial charge in [0.25, 0.3) is 0 Å². The molecule has 2 aliphatic heterocycles. The highest BCUT2D eigenvalue weighted by molar-refractivity contribution is 9.10. The van der Waals surface area contributed by atoms with Gasteiger partial charge in [0.05, 0.1) is 5.02 Å². The molecule has 1 fully saturated rings. The van der Waals surface area contributed by atoms with Gasteiger partial charge in [-0.05, 0) is 59.8 Å². The normalized spacial score (nSPS) is 17.8. The van der Waals surface area contributed by atoms with Gasteiger partial charge < -0.3 is 14.8 Å². The second-order valence-corrected chi connectivity index (χ2v) is 8.17. The number of hydrogen-bond acceptors (Lipinski definition) is 3. The number of aryl methyl sites for hydroxylation is 1. The highest BCUT2D eigenvalue weighted by atomic mass is 79.9. The first-order valence-electron chi connectivity index (χ1n) is 9.05. The molecule has 0 radical (unpaired) electrons. The van der Waals surface area contributed by atoms with Crippen molar-refractivity contribution < 1.29 is 4.79 Å². The van der Waals surface area contributed by atoms with E-state index in [1.54, 1.807) is 6.07 Å². The van der Waals surface area contributed by atoms with E-state index in [1.165, 1.54) is 12.8 Å². The Kier molecular flexibility index (Phi) is 5.18. The van der Waals surface area contributed by atoms with Crippen LogP contribution >= 0.6 is 27.5 Å². The van der Waals surface area contributed by atoms with Crippen LogP contribution in [-0.2, 0) is 13.0 Å². The van der Waals surface area contributed by atoms with E-state index in [2.05, 4.69) is 36.0 Å². The van der Waals surface area contributed by atoms with Gasteiger partial charge in [-0.25, -0.2) is 4.79 Å². The average molecular weight is 439 g/mol. The zero-order valence-electron chi connectivity index (χ0n) is 14.4. The highest BCUT2D eigenvalue weighted by Crippen LogP contribution is 2.30. The van der Waals surface area contributed by atoms with E-state index in [4.69, 9.17) is 11.6 Å². The van der Waals surface area contributed by atoms with Crippen LogP contribution in [0.5, 0.6) is 0 Å². The van der Waals surface area contributed by atoms with Gasteiger partial charge in [-0.1, -0.05) is 11.6 Å². The van der Waals surface area contributed by atoms with Gasteiger partial charge in [-0.15, -0.1) is 10.2 Å². The third-order valence-electron chi connectivity index (χ3n) is 5.21. The fourth-order valence-electron chi connectivity index (χ4n) is 3.75. The fraction of sp³-hybridized carbons (Fsp3) is 0.500. The Hall–Kier alpha value is -1.60. The topological polar surface area (TPSA) is 63.1 Å². The molecule has 1 N–H and O–H groups in total. The molecule has 0 unspecified atom stereocenters. The Morgan fingerprint density at radius 2 is 2.00 bits per heavy atom.